The monoisotopic (exact) mass is 354 g/mol. The van der Waals surface area contributed by atoms with Crippen molar-refractivity contribution in [2.24, 2.45) is 0 Å². The molecule has 1 fully saturated rings. The summed E-state index contributed by atoms with van der Waals surface area (Å²) in [5.41, 5.74) is 1.74. The van der Waals surface area contributed by atoms with Crippen LogP contribution in [0.4, 0.5) is 23.7 Å². The quantitative estimate of drug-likeness (QED) is 0.890. The van der Waals surface area contributed by atoms with Gasteiger partial charge in [0.25, 0.3) is 0 Å². The third-order valence-corrected chi connectivity index (χ3v) is 4.04. The number of anilines is 1. The number of piperidine rings is 1. The topological polar surface area (TPSA) is 71.3 Å². The molecule has 3 rings (SSSR count). The first-order valence-electron chi connectivity index (χ1n) is 7.86. The van der Waals surface area contributed by atoms with Gasteiger partial charge in [-0.2, -0.15) is 13.2 Å². The number of hydrogen-bond acceptors (Lipinski definition) is 4. The largest absolute Gasteiger partial charge is 0.470 e. The molecule has 6 nitrogen and oxygen atoms in total. The van der Waals surface area contributed by atoms with Crippen LogP contribution >= 0.6 is 0 Å². The molecule has 1 aromatic heterocycles. The molecule has 1 unspecified atom stereocenters. The van der Waals surface area contributed by atoms with Crippen molar-refractivity contribution >= 4 is 11.7 Å². The zero-order valence-corrected chi connectivity index (χ0v) is 13.5. The van der Waals surface area contributed by atoms with Gasteiger partial charge in [0, 0.05) is 18.8 Å². The molecule has 25 heavy (non-hydrogen) atoms. The Labute approximate surface area is 142 Å². The van der Waals surface area contributed by atoms with Crippen molar-refractivity contribution in [2.45, 2.75) is 31.9 Å². The van der Waals surface area contributed by atoms with Crippen LogP contribution in [0, 0.1) is 6.92 Å². The fourth-order valence-electron chi connectivity index (χ4n) is 2.72. The normalized spacial score (nSPS) is 18.2. The van der Waals surface area contributed by atoms with Crippen LogP contribution in [0.3, 0.4) is 0 Å². The smallest absolute Gasteiger partial charge is 0.417 e. The molecule has 0 spiro atoms. The lowest BCUT2D eigenvalue weighted by Gasteiger charge is -2.31. The van der Waals surface area contributed by atoms with Gasteiger partial charge in [-0.05, 0) is 31.9 Å². The standard InChI is InChI=1S/C16H17F3N4O2/c1-10-4-6-12(7-5-10)20-15(24)23-8-2-3-11(9-23)13-21-22-14(25-13)16(17,18)19/h4-7,11H,2-3,8-9H2,1H3,(H,20,24). The zero-order valence-electron chi connectivity index (χ0n) is 13.5. The second-order valence-electron chi connectivity index (χ2n) is 6.02. The molecule has 2 amide bonds. The Morgan fingerprint density at radius 3 is 2.64 bits per heavy atom. The number of benzene rings is 1. The van der Waals surface area contributed by atoms with Crippen molar-refractivity contribution in [1.82, 2.24) is 15.1 Å². The van der Waals surface area contributed by atoms with Gasteiger partial charge in [-0.1, -0.05) is 17.7 Å². The van der Waals surface area contributed by atoms with Crippen LogP contribution in [-0.4, -0.2) is 34.2 Å². The summed E-state index contributed by atoms with van der Waals surface area (Å²) in [6, 6.07) is 7.05. The number of aryl methyl sites for hydroxylation is 1. The Kier molecular flexibility index (Phi) is 4.65. The number of nitrogens with one attached hydrogen (secondary N) is 1. The predicted octanol–water partition coefficient (Wildman–Crippen LogP) is 3.81. The van der Waals surface area contributed by atoms with E-state index >= 15 is 0 Å². The predicted molar refractivity (Wildman–Crippen MR) is 83.0 cm³/mol. The van der Waals surface area contributed by atoms with Gasteiger partial charge in [0.2, 0.25) is 5.89 Å². The number of alkyl halides is 3. The Bertz CT molecular complexity index is 743. The van der Waals surface area contributed by atoms with E-state index < -0.39 is 18.0 Å². The molecule has 2 heterocycles. The van der Waals surface area contributed by atoms with Crippen LogP contribution in [-0.2, 0) is 6.18 Å². The summed E-state index contributed by atoms with van der Waals surface area (Å²) >= 11 is 0. The minimum atomic E-state index is -4.66. The van der Waals surface area contributed by atoms with Crippen molar-refractivity contribution in [1.29, 1.82) is 0 Å². The number of halogens is 3. The molecule has 1 aliphatic rings. The van der Waals surface area contributed by atoms with Gasteiger partial charge in [-0.15, -0.1) is 10.2 Å². The van der Waals surface area contributed by atoms with Crippen molar-refractivity contribution in [3.63, 3.8) is 0 Å². The maximum Gasteiger partial charge on any atom is 0.470 e. The molecule has 1 N–H and O–H groups in total. The summed E-state index contributed by atoms with van der Waals surface area (Å²) in [5, 5.41) is 9.33. The van der Waals surface area contributed by atoms with E-state index in [1.165, 1.54) is 0 Å². The van der Waals surface area contributed by atoms with Crippen LogP contribution in [0.15, 0.2) is 28.7 Å². The van der Waals surface area contributed by atoms with E-state index in [-0.39, 0.29) is 18.5 Å². The number of nitrogens with zero attached hydrogens (tertiary/aromatic N) is 3. The summed E-state index contributed by atoms with van der Waals surface area (Å²) in [5.74, 6) is -1.84. The molecular formula is C16H17F3N4O2. The number of urea groups is 1. The summed E-state index contributed by atoms with van der Waals surface area (Å²) in [4.78, 5) is 13.9. The Balaban J connectivity index is 1.65. The van der Waals surface area contributed by atoms with E-state index in [0.29, 0.717) is 25.1 Å². The molecule has 1 aromatic carbocycles. The number of hydrogen-bond donors (Lipinski definition) is 1. The number of carbonyl (C=O) groups excluding carboxylic acids is 1. The van der Waals surface area contributed by atoms with Gasteiger partial charge in [0.05, 0.1) is 5.92 Å². The highest BCUT2D eigenvalue weighted by atomic mass is 19.4. The van der Waals surface area contributed by atoms with Crippen LogP contribution in [0.25, 0.3) is 0 Å². The fourth-order valence-corrected chi connectivity index (χ4v) is 2.72. The summed E-state index contributed by atoms with van der Waals surface area (Å²) in [7, 11) is 0. The van der Waals surface area contributed by atoms with Crippen molar-refractivity contribution in [3.05, 3.63) is 41.6 Å². The lowest BCUT2D eigenvalue weighted by molar-refractivity contribution is -0.157. The molecule has 0 bridgehead atoms. The van der Waals surface area contributed by atoms with Crippen LogP contribution in [0.1, 0.15) is 36.1 Å². The van der Waals surface area contributed by atoms with E-state index in [1.807, 2.05) is 19.1 Å². The Morgan fingerprint density at radius 1 is 1.28 bits per heavy atom. The van der Waals surface area contributed by atoms with Crippen molar-refractivity contribution in [3.8, 4) is 0 Å². The second kappa shape index (κ2) is 6.73. The fraction of sp³-hybridized carbons (Fsp3) is 0.438. The van der Waals surface area contributed by atoms with Gasteiger partial charge in [-0.3, -0.25) is 0 Å². The number of aromatic nitrogens is 2. The van der Waals surface area contributed by atoms with E-state index in [0.717, 1.165) is 5.56 Å². The van der Waals surface area contributed by atoms with E-state index in [9.17, 15) is 18.0 Å². The maximum absolute atomic E-state index is 12.6. The zero-order chi connectivity index (χ0) is 18.0. The molecule has 2 aromatic rings. The molecule has 134 valence electrons. The molecule has 1 aliphatic heterocycles. The van der Waals surface area contributed by atoms with Crippen LogP contribution < -0.4 is 5.32 Å². The summed E-state index contributed by atoms with van der Waals surface area (Å²) < 4.78 is 42.5. The van der Waals surface area contributed by atoms with Gasteiger partial charge in [0.1, 0.15) is 0 Å². The van der Waals surface area contributed by atoms with Gasteiger partial charge in [-0.25, -0.2) is 4.79 Å². The summed E-state index contributed by atoms with van der Waals surface area (Å²) in [6.07, 6.45) is -3.42. The average molecular weight is 354 g/mol. The SMILES string of the molecule is Cc1ccc(NC(=O)N2CCCC(c3nnc(C(F)(F)F)o3)C2)cc1. The lowest BCUT2D eigenvalue weighted by Crippen LogP contribution is -2.41. The second-order valence-corrected chi connectivity index (χ2v) is 6.02. The van der Waals surface area contributed by atoms with Crippen LogP contribution in [0.2, 0.25) is 0 Å². The molecular weight excluding hydrogens is 337 g/mol. The van der Waals surface area contributed by atoms with Crippen molar-refractivity contribution in [2.75, 3.05) is 18.4 Å². The first-order valence-corrected chi connectivity index (χ1v) is 7.86. The highest BCUT2D eigenvalue weighted by molar-refractivity contribution is 5.89. The Morgan fingerprint density at radius 2 is 2.00 bits per heavy atom. The molecule has 0 saturated carbocycles. The molecule has 1 atom stereocenters. The molecule has 9 heteroatoms. The number of likely N-dealkylation sites (tertiary alicyclic amines) is 1. The third-order valence-electron chi connectivity index (χ3n) is 4.04. The Hall–Kier alpha value is -2.58. The number of carbonyl (C=O) groups is 1. The van der Waals surface area contributed by atoms with Gasteiger partial charge < -0.3 is 14.6 Å². The average Bonchev–Trinajstić information content (AvgIpc) is 3.07. The number of rotatable bonds is 2. The third kappa shape index (κ3) is 4.09. The number of amides is 2. The molecule has 0 radical (unpaired) electrons. The van der Waals surface area contributed by atoms with E-state index in [4.69, 9.17) is 4.42 Å². The highest BCUT2D eigenvalue weighted by Crippen LogP contribution is 2.32. The minimum Gasteiger partial charge on any atom is -0.417 e. The minimum absolute atomic E-state index is 0.0832. The summed E-state index contributed by atoms with van der Waals surface area (Å²) in [6.45, 7) is 2.70. The lowest BCUT2D eigenvalue weighted by atomic mass is 9.98. The van der Waals surface area contributed by atoms with Crippen molar-refractivity contribution < 1.29 is 22.4 Å². The van der Waals surface area contributed by atoms with Gasteiger partial charge in [0.15, 0.2) is 0 Å². The van der Waals surface area contributed by atoms with E-state index in [1.54, 1.807) is 17.0 Å². The molecule has 1 saturated heterocycles. The van der Waals surface area contributed by atoms with Gasteiger partial charge >= 0.3 is 18.1 Å². The maximum atomic E-state index is 12.6. The highest BCUT2D eigenvalue weighted by Gasteiger charge is 2.39. The first kappa shape index (κ1) is 17.2. The molecule has 0 aliphatic carbocycles. The first-order chi connectivity index (χ1) is 11.8. The van der Waals surface area contributed by atoms with Crippen LogP contribution in [0.5, 0.6) is 0 Å². The van der Waals surface area contributed by atoms with E-state index in [2.05, 4.69) is 15.5 Å².